The molecule has 1 heterocycles. The molecule has 1 aliphatic rings. The van der Waals surface area contributed by atoms with E-state index in [0.717, 1.165) is 69.8 Å². The number of carbonyl (C=O) groups excluding carboxylic acids is 1. The predicted octanol–water partition coefficient (Wildman–Crippen LogP) is 9.34. The van der Waals surface area contributed by atoms with Crippen LogP contribution < -0.4 is 10.2 Å². The van der Waals surface area contributed by atoms with Crippen LogP contribution in [0.3, 0.4) is 0 Å². The minimum atomic E-state index is -0.258. The zero-order valence-electron chi connectivity index (χ0n) is 29.4. The lowest BCUT2D eigenvalue weighted by Crippen LogP contribution is -2.47. The van der Waals surface area contributed by atoms with Gasteiger partial charge in [0.15, 0.2) is 0 Å². The molecule has 0 bridgehead atoms. The molecule has 1 fully saturated rings. The number of carbonyl (C=O) groups is 1. The molecular weight excluding hydrogens is 631 g/mol. The van der Waals surface area contributed by atoms with Gasteiger partial charge in [0.05, 0.1) is 4.75 Å². The number of piperidine rings is 1. The van der Waals surface area contributed by atoms with Gasteiger partial charge < -0.3 is 15.1 Å². The Morgan fingerprint density at radius 1 is 0.720 bits per heavy atom. The molecule has 1 amide bonds. The summed E-state index contributed by atoms with van der Waals surface area (Å²) in [7, 11) is 0. The van der Waals surface area contributed by atoms with Gasteiger partial charge in [-0.2, -0.15) is 0 Å². The molecule has 0 unspecified atom stereocenters. The van der Waals surface area contributed by atoms with Gasteiger partial charge in [-0.25, -0.2) is 0 Å². The fourth-order valence-electron chi connectivity index (χ4n) is 7.25. The van der Waals surface area contributed by atoms with Gasteiger partial charge in [0.1, 0.15) is 0 Å². The number of nitrogens with zero attached hydrogens (tertiary/aromatic N) is 2. The second-order valence-electron chi connectivity index (χ2n) is 13.3. The van der Waals surface area contributed by atoms with Gasteiger partial charge in [-0.15, -0.1) is 11.8 Å². The zero-order valence-corrected chi connectivity index (χ0v) is 30.2. The molecule has 258 valence electrons. The molecule has 1 N–H and O–H groups in total. The third kappa shape index (κ3) is 8.95. The molecule has 0 spiro atoms. The Morgan fingerprint density at radius 3 is 1.74 bits per heavy atom. The number of anilines is 1. The third-order valence-corrected chi connectivity index (χ3v) is 11.6. The van der Waals surface area contributed by atoms with Crippen LogP contribution in [-0.4, -0.2) is 48.8 Å². The van der Waals surface area contributed by atoms with Crippen molar-refractivity contribution < 1.29 is 4.79 Å². The van der Waals surface area contributed by atoms with Gasteiger partial charge in [-0.3, -0.25) is 4.79 Å². The second-order valence-corrected chi connectivity index (χ2v) is 14.6. The number of para-hydroxylation sites is 1. The highest BCUT2D eigenvalue weighted by atomic mass is 32.2. The van der Waals surface area contributed by atoms with E-state index in [0.29, 0.717) is 6.42 Å². The summed E-state index contributed by atoms with van der Waals surface area (Å²) in [4.78, 5) is 17.4. The first-order chi connectivity index (χ1) is 24.7. The number of nitrogens with one attached hydrogen (secondary N) is 1. The van der Waals surface area contributed by atoms with Gasteiger partial charge in [0, 0.05) is 44.3 Å². The van der Waals surface area contributed by atoms with E-state index in [1.807, 2.05) is 36.9 Å². The Morgan fingerprint density at radius 2 is 1.22 bits per heavy atom. The molecule has 0 atom stereocenters. The maximum atomic E-state index is 12.8. The van der Waals surface area contributed by atoms with Crippen molar-refractivity contribution in [1.29, 1.82) is 0 Å². The minimum Gasteiger partial charge on any atom is -0.313 e. The Hall–Kier alpha value is -4.16. The second kappa shape index (κ2) is 18.2. The van der Waals surface area contributed by atoms with Gasteiger partial charge in [-0.1, -0.05) is 140 Å². The van der Waals surface area contributed by atoms with Crippen LogP contribution in [0, 0.1) is 0 Å². The summed E-state index contributed by atoms with van der Waals surface area (Å²) >= 11 is 2.03. The number of hydrogen-bond acceptors (Lipinski definition) is 4. The number of benzene rings is 5. The van der Waals surface area contributed by atoms with Crippen LogP contribution in [0.4, 0.5) is 5.69 Å². The van der Waals surface area contributed by atoms with Crippen LogP contribution in [0.25, 0.3) is 0 Å². The van der Waals surface area contributed by atoms with Crippen LogP contribution in [0.1, 0.15) is 60.4 Å². The van der Waals surface area contributed by atoms with Crippen molar-refractivity contribution in [3.05, 3.63) is 173 Å². The lowest BCUT2D eigenvalue weighted by Gasteiger charge is -2.38. The standard InChI is InChI=1S/C45H51N3OS/c1-2-44(49)48(42-22-13-6-14-23-42)43-29-33-47(34-30-43)32-28-37-24-26-38(27-25-37)36-46-31-15-35-50-45(39-16-7-3-8-17-39,40-18-9-4-10-19-40)41-20-11-5-12-21-41/h3-14,16-27,43,46H,2,15,28-36H2,1H3. The topological polar surface area (TPSA) is 35.6 Å². The number of hydrogen-bond donors (Lipinski definition) is 1. The normalized spacial score (nSPS) is 14.0. The summed E-state index contributed by atoms with van der Waals surface area (Å²) in [5.41, 5.74) is 7.70. The summed E-state index contributed by atoms with van der Waals surface area (Å²) in [6, 6.07) is 52.5. The maximum Gasteiger partial charge on any atom is 0.226 e. The van der Waals surface area contributed by atoms with E-state index < -0.39 is 0 Å². The van der Waals surface area contributed by atoms with Crippen molar-refractivity contribution in [2.24, 2.45) is 0 Å². The smallest absolute Gasteiger partial charge is 0.226 e. The Balaban J connectivity index is 0.957. The predicted molar refractivity (Wildman–Crippen MR) is 212 cm³/mol. The molecule has 5 aromatic rings. The number of amides is 1. The van der Waals surface area contributed by atoms with Crippen molar-refractivity contribution in [3.8, 4) is 0 Å². The third-order valence-electron chi connectivity index (χ3n) is 9.95. The highest BCUT2D eigenvalue weighted by Crippen LogP contribution is 2.48. The van der Waals surface area contributed by atoms with E-state index in [2.05, 4.69) is 143 Å². The molecule has 1 saturated heterocycles. The van der Waals surface area contributed by atoms with E-state index in [-0.39, 0.29) is 16.7 Å². The summed E-state index contributed by atoms with van der Waals surface area (Å²) in [5, 5.41) is 3.70. The van der Waals surface area contributed by atoms with Crippen molar-refractivity contribution in [2.75, 3.05) is 36.8 Å². The van der Waals surface area contributed by atoms with Crippen molar-refractivity contribution in [1.82, 2.24) is 10.2 Å². The van der Waals surface area contributed by atoms with Crippen molar-refractivity contribution >= 4 is 23.4 Å². The first-order valence-electron chi connectivity index (χ1n) is 18.4. The molecule has 4 nitrogen and oxygen atoms in total. The first-order valence-corrected chi connectivity index (χ1v) is 19.3. The minimum absolute atomic E-state index is 0.222. The van der Waals surface area contributed by atoms with Crippen molar-refractivity contribution in [3.63, 3.8) is 0 Å². The van der Waals surface area contributed by atoms with Crippen LogP contribution in [-0.2, 0) is 22.5 Å². The average Bonchev–Trinajstić information content (AvgIpc) is 3.19. The van der Waals surface area contributed by atoms with Crippen LogP contribution in [0.5, 0.6) is 0 Å². The van der Waals surface area contributed by atoms with Gasteiger partial charge in [0.25, 0.3) is 0 Å². The largest absolute Gasteiger partial charge is 0.313 e. The zero-order chi connectivity index (χ0) is 34.4. The molecule has 5 aromatic carbocycles. The highest BCUT2D eigenvalue weighted by Gasteiger charge is 2.36. The van der Waals surface area contributed by atoms with Crippen LogP contribution in [0.2, 0.25) is 0 Å². The average molecular weight is 682 g/mol. The molecule has 0 saturated carbocycles. The quantitative estimate of drug-likeness (QED) is 0.0832. The van der Waals surface area contributed by atoms with Crippen molar-refractivity contribution in [2.45, 2.75) is 56.4 Å². The Bertz CT molecular complexity index is 1610. The molecule has 6 rings (SSSR count). The van der Waals surface area contributed by atoms with E-state index in [1.54, 1.807) is 0 Å². The highest BCUT2D eigenvalue weighted by molar-refractivity contribution is 8.00. The Kier molecular flexibility index (Phi) is 13.0. The van der Waals surface area contributed by atoms with Crippen LogP contribution >= 0.6 is 11.8 Å². The van der Waals surface area contributed by atoms with E-state index in [4.69, 9.17) is 0 Å². The summed E-state index contributed by atoms with van der Waals surface area (Å²) < 4.78 is -0.258. The fraction of sp³-hybridized carbons (Fsp3) is 0.311. The number of thioether (sulfide) groups is 1. The van der Waals surface area contributed by atoms with E-state index in [9.17, 15) is 4.79 Å². The molecule has 0 aromatic heterocycles. The van der Waals surface area contributed by atoms with E-state index in [1.165, 1.54) is 27.8 Å². The fourth-order valence-corrected chi connectivity index (χ4v) is 8.76. The molecule has 1 aliphatic heterocycles. The SMILES string of the molecule is CCC(=O)N(c1ccccc1)C1CCN(CCc2ccc(CNCCCSC(c3ccccc3)(c3ccccc3)c3ccccc3)cc2)CC1. The molecular formula is C45H51N3OS. The maximum absolute atomic E-state index is 12.8. The lowest BCUT2D eigenvalue weighted by atomic mass is 9.84. The molecule has 50 heavy (non-hydrogen) atoms. The Labute approximate surface area is 303 Å². The molecule has 0 aliphatic carbocycles. The molecule has 0 radical (unpaired) electrons. The number of rotatable bonds is 16. The summed E-state index contributed by atoms with van der Waals surface area (Å²) in [5.74, 6) is 1.26. The van der Waals surface area contributed by atoms with Gasteiger partial charge >= 0.3 is 0 Å². The summed E-state index contributed by atoms with van der Waals surface area (Å²) in [6.45, 7) is 6.96. The van der Waals surface area contributed by atoms with E-state index >= 15 is 0 Å². The van der Waals surface area contributed by atoms with Gasteiger partial charge in [0.2, 0.25) is 5.91 Å². The number of likely N-dealkylation sites (tertiary alicyclic amines) is 1. The van der Waals surface area contributed by atoms with Gasteiger partial charge in [-0.05, 0) is 77.9 Å². The first kappa shape index (κ1) is 35.7. The van der Waals surface area contributed by atoms with Crippen LogP contribution in [0.15, 0.2) is 146 Å². The summed E-state index contributed by atoms with van der Waals surface area (Å²) in [6.07, 6.45) is 4.73. The molecule has 5 heteroatoms. The lowest BCUT2D eigenvalue weighted by molar-refractivity contribution is -0.119. The monoisotopic (exact) mass is 681 g/mol.